The van der Waals surface area contributed by atoms with E-state index < -0.39 is 12.8 Å². The lowest BCUT2D eigenvalue weighted by Gasteiger charge is -2.29. The molecule has 0 heterocycles. The minimum absolute atomic E-state index is 0.113. The van der Waals surface area contributed by atoms with Crippen molar-refractivity contribution in [2.24, 2.45) is 11.8 Å². The van der Waals surface area contributed by atoms with Gasteiger partial charge in [0.1, 0.15) is 0 Å². The predicted molar refractivity (Wildman–Crippen MR) is 53.6 cm³/mol. The molecule has 2 rings (SSSR count). The van der Waals surface area contributed by atoms with Crippen molar-refractivity contribution in [3.05, 3.63) is 0 Å². The van der Waals surface area contributed by atoms with Crippen LogP contribution in [0.25, 0.3) is 0 Å². The molecule has 0 aromatic heterocycles. The molecular weight excluding hydrogens is 219 g/mol. The van der Waals surface area contributed by atoms with E-state index in [1.165, 1.54) is 19.3 Å². The zero-order chi connectivity index (χ0) is 11.6. The maximum Gasteiger partial charge on any atom is 0.413 e. The summed E-state index contributed by atoms with van der Waals surface area (Å²) in [5.74, 6) is 1.55. The Hall–Kier alpha value is -0.290. The average molecular weight is 237 g/mol. The number of hydroxylamine groups is 1. The Morgan fingerprint density at radius 1 is 1.06 bits per heavy atom. The van der Waals surface area contributed by atoms with Crippen LogP contribution in [0, 0.1) is 11.8 Å². The van der Waals surface area contributed by atoms with Crippen molar-refractivity contribution in [3.8, 4) is 0 Å². The molecule has 0 bridgehead atoms. The smallest absolute Gasteiger partial charge is 0.292 e. The van der Waals surface area contributed by atoms with Gasteiger partial charge in [-0.25, -0.2) is 0 Å². The van der Waals surface area contributed by atoms with E-state index in [1.54, 1.807) is 0 Å². The summed E-state index contributed by atoms with van der Waals surface area (Å²) in [4.78, 5) is 4.51. The van der Waals surface area contributed by atoms with Crippen LogP contribution in [0.2, 0.25) is 0 Å². The Morgan fingerprint density at radius 3 is 2.44 bits per heavy atom. The van der Waals surface area contributed by atoms with Crippen molar-refractivity contribution >= 4 is 0 Å². The Balaban J connectivity index is 1.65. The molecule has 2 nitrogen and oxygen atoms in total. The molecule has 2 aliphatic carbocycles. The fourth-order valence-corrected chi connectivity index (χ4v) is 2.57. The topological polar surface area (TPSA) is 21.3 Å². The van der Waals surface area contributed by atoms with Gasteiger partial charge < -0.3 is 0 Å². The van der Waals surface area contributed by atoms with Crippen molar-refractivity contribution in [2.45, 2.75) is 50.7 Å². The molecule has 94 valence electrons. The van der Waals surface area contributed by atoms with Gasteiger partial charge in [-0.1, -0.05) is 12.8 Å². The maximum absolute atomic E-state index is 11.9. The first-order valence-electron chi connectivity index (χ1n) is 5.98. The molecule has 1 N–H and O–H groups in total. The fraction of sp³-hybridized carbons (Fsp3) is 1.00. The quantitative estimate of drug-likeness (QED) is 0.759. The van der Waals surface area contributed by atoms with Crippen LogP contribution in [0.15, 0.2) is 0 Å². The van der Waals surface area contributed by atoms with Crippen LogP contribution >= 0.6 is 0 Å². The van der Waals surface area contributed by atoms with E-state index in [2.05, 4.69) is 10.3 Å². The number of nitrogens with one attached hydrogen (secondary N) is 1. The molecule has 0 aromatic carbocycles. The summed E-state index contributed by atoms with van der Waals surface area (Å²) in [5.41, 5.74) is 2.57. The van der Waals surface area contributed by atoms with E-state index in [9.17, 15) is 13.2 Å². The summed E-state index contributed by atoms with van der Waals surface area (Å²) in [5, 5.41) is 0. The SMILES string of the molecule is FC(F)(F)CONC1CCCC(C2CC2)C1. The molecule has 16 heavy (non-hydrogen) atoms. The minimum atomic E-state index is -4.24. The third-order valence-corrected chi connectivity index (χ3v) is 3.49. The predicted octanol–water partition coefficient (Wildman–Crippen LogP) is 3.04. The van der Waals surface area contributed by atoms with Gasteiger partial charge in [-0.05, 0) is 37.5 Å². The first-order valence-corrected chi connectivity index (χ1v) is 5.98. The van der Waals surface area contributed by atoms with Crippen molar-refractivity contribution in [1.82, 2.24) is 5.48 Å². The van der Waals surface area contributed by atoms with Gasteiger partial charge in [0.05, 0.1) is 0 Å². The van der Waals surface area contributed by atoms with Gasteiger partial charge in [-0.15, -0.1) is 0 Å². The second-order valence-electron chi connectivity index (χ2n) is 4.98. The lowest BCUT2D eigenvalue weighted by atomic mass is 9.83. The van der Waals surface area contributed by atoms with Crippen LogP contribution in [0.1, 0.15) is 38.5 Å². The molecule has 2 saturated carbocycles. The van der Waals surface area contributed by atoms with Gasteiger partial charge in [-0.2, -0.15) is 18.7 Å². The first-order chi connectivity index (χ1) is 7.54. The maximum atomic E-state index is 11.9. The molecule has 2 aliphatic rings. The normalized spacial score (nSPS) is 31.7. The third kappa shape index (κ3) is 3.94. The van der Waals surface area contributed by atoms with Gasteiger partial charge in [0.15, 0.2) is 6.61 Å². The van der Waals surface area contributed by atoms with E-state index in [0.29, 0.717) is 5.92 Å². The van der Waals surface area contributed by atoms with Crippen LogP contribution in [0.5, 0.6) is 0 Å². The summed E-state index contributed by atoms with van der Waals surface area (Å²) < 4.78 is 35.6. The zero-order valence-electron chi connectivity index (χ0n) is 9.22. The molecular formula is C11H18F3NO. The molecule has 2 fully saturated rings. The van der Waals surface area contributed by atoms with E-state index in [0.717, 1.165) is 25.2 Å². The first kappa shape index (κ1) is 12.2. The third-order valence-electron chi connectivity index (χ3n) is 3.49. The van der Waals surface area contributed by atoms with Gasteiger partial charge in [0, 0.05) is 6.04 Å². The molecule has 0 aliphatic heterocycles. The Kier molecular flexibility index (Phi) is 3.74. The van der Waals surface area contributed by atoms with Gasteiger partial charge >= 0.3 is 6.18 Å². The number of hydrogen-bond acceptors (Lipinski definition) is 2. The summed E-state index contributed by atoms with van der Waals surface area (Å²) in [6.07, 6.45) is 2.62. The van der Waals surface area contributed by atoms with Gasteiger partial charge in [0.25, 0.3) is 0 Å². The monoisotopic (exact) mass is 237 g/mol. The number of halogens is 3. The fourth-order valence-electron chi connectivity index (χ4n) is 2.57. The van der Waals surface area contributed by atoms with Crippen molar-refractivity contribution in [3.63, 3.8) is 0 Å². The number of rotatable bonds is 4. The summed E-state index contributed by atoms with van der Waals surface area (Å²) in [6, 6.07) is 0.113. The standard InChI is InChI=1S/C11H18F3NO/c12-11(13,14)7-16-15-10-3-1-2-9(6-10)8-4-5-8/h8-10,15H,1-7H2. The second-order valence-corrected chi connectivity index (χ2v) is 4.98. The Morgan fingerprint density at radius 2 is 1.81 bits per heavy atom. The van der Waals surface area contributed by atoms with Crippen LogP contribution in [0.3, 0.4) is 0 Å². The minimum Gasteiger partial charge on any atom is -0.292 e. The van der Waals surface area contributed by atoms with E-state index in [4.69, 9.17) is 0 Å². The highest BCUT2D eigenvalue weighted by Crippen LogP contribution is 2.43. The molecule has 0 radical (unpaired) electrons. The Labute approximate surface area is 93.5 Å². The molecule has 5 heteroatoms. The molecule has 2 atom stereocenters. The molecule has 0 spiro atoms. The highest BCUT2D eigenvalue weighted by Gasteiger charge is 2.35. The molecule has 2 unspecified atom stereocenters. The summed E-state index contributed by atoms with van der Waals surface area (Å²) in [7, 11) is 0. The van der Waals surface area contributed by atoms with Crippen molar-refractivity contribution in [1.29, 1.82) is 0 Å². The van der Waals surface area contributed by atoms with Crippen LogP contribution in [-0.2, 0) is 4.84 Å². The molecule has 0 aromatic rings. The van der Waals surface area contributed by atoms with E-state index in [-0.39, 0.29) is 6.04 Å². The van der Waals surface area contributed by atoms with E-state index in [1.807, 2.05) is 0 Å². The largest absolute Gasteiger partial charge is 0.413 e. The lowest BCUT2D eigenvalue weighted by Crippen LogP contribution is -2.37. The van der Waals surface area contributed by atoms with Crippen LogP contribution < -0.4 is 5.48 Å². The molecule has 0 saturated heterocycles. The van der Waals surface area contributed by atoms with E-state index >= 15 is 0 Å². The number of hydrogen-bond donors (Lipinski definition) is 1. The zero-order valence-corrected chi connectivity index (χ0v) is 9.22. The highest BCUT2D eigenvalue weighted by molar-refractivity contribution is 4.86. The second kappa shape index (κ2) is 4.92. The van der Waals surface area contributed by atoms with Crippen LogP contribution in [0.4, 0.5) is 13.2 Å². The number of alkyl halides is 3. The van der Waals surface area contributed by atoms with Gasteiger partial charge in [-0.3, -0.25) is 4.84 Å². The highest BCUT2D eigenvalue weighted by atomic mass is 19.4. The van der Waals surface area contributed by atoms with Crippen LogP contribution in [-0.4, -0.2) is 18.8 Å². The summed E-state index contributed by atoms with van der Waals surface area (Å²) >= 11 is 0. The lowest BCUT2D eigenvalue weighted by molar-refractivity contribution is -0.194. The summed E-state index contributed by atoms with van der Waals surface area (Å²) in [6.45, 7) is -1.20. The van der Waals surface area contributed by atoms with Gasteiger partial charge in [0.2, 0.25) is 0 Å². The molecule has 0 amide bonds. The van der Waals surface area contributed by atoms with Crippen molar-refractivity contribution in [2.75, 3.05) is 6.61 Å². The Bertz CT molecular complexity index is 228. The average Bonchev–Trinajstić information content (AvgIpc) is 2.99. The van der Waals surface area contributed by atoms with Crippen molar-refractivity contribution < 1.29 is 18.0 Å².